The lowest BCUT2D eigenvalue weighted by Gasteiger charge is -2.31. The third kappa shape index (κ3) is 4.92. The van der Waals surface area contributed by atoms with E-state index in [1.54, 1.807) is 49.4 Å². The minimum absolute atomic E-state index is 0.000307. The van der Waals surface area contributed by atoms with Crippen LogP contribution in [0.2, 0.25) is 10.0 Å². The SMILES string of the molecule is COC(=O)C1=C(C)NC(COCCN2C(=O)c3ccccc3C2=O)=C(C(=O)OC)C1c1cccc(Cl)c1Cl. The number of hydrogen-bond donors (Lipinski definition) is 1. The van der Waals surface area contributed by atoms with Gasteiger partial charge in [0.05, 0.1) is 77.9 Å². The van der Waals surface area contributed by atoms with Gasteiger partial charge in [-0.25, -0.2) is 9.59 Å². The second-order valence-corrected chi connectivity index (χ2v) is 9.26. The lowest BCUT2D eigenvalue weighted by atomic mass is 9.80. The summed E-state index contributed by atoms with van der Waals surface area (Å²) in [4.78, 5) is 52.2. The first kappa shape index (κ1) is 27.4. The van der Waals surface area contributed by atoms with Gasteiger partial charge in [0.2, 0.25) is 0 Å². The summed E-state index contributed by atoms with van der Waals surface area (Å²) in [6.07, 6.45) is 0. The highest BCUT2D eigenvalue weighted by atomic mass is 35.5. The van der Waals surface area contributed by atoms with Gasteiger partial charge in [-0.15, -0.1) is 0 Å². The van der Waals surface area contributed by atoms with Crippen LogP contribution in [0.1, 0.15) is 39.1 Å². The van der Waals surface area contributed by atoms with E-state index in [1.807, 2.05) is 0 Å². The Labute approximate surface area is 228 Å². The van der Waals surface area contributed by atoms with Gasteiger partial charge in [-0.05, 0) is 30.7 Å². The number of carbonyl (C=O) groups is 4. The number of esters is 2. The van der Waals surface area contributed by atoms with Crippen LogP contribution in [0.3, 0.4) is 0 Å². The third-order valence-corrected chi connectivity index (χ3v) is 7.17. The highest BCUT2D eigenvalue weighted by Crippen LogP contribution is 2.43. The lowest BCUT2D eigenvalue weighted by Crippen LogP contribution is -2.36. The fraction of sp³-hybridized carbons (Fsp3) is 0.259. The van der Waals surface area contributed by atoms with Crippen molar-refractivity contribution in [2.45, 2.75) is 12.8 Å². The van der Waals surface area contributed by atoms with Crippen LogP contribution in [0, 0.1) is 0 Å². The number of benzene rings is 2. The summed E-state index contributed by atoms with van der Waals surface area (Å²) < 4.78 is 15.8. The molecular weight excluding hydrogens is 535 g/mol. The summed E-state index contributed by atoms with van der Waals surface area (Å²) >= 11 is 12.8. The molecule has 2 aromatic carbocycles. The molecule has 0 fully saturated rings. The summed E-state index contributed by atoms with van der Waals surface area (Å²) in [6, 6.07) is 11.5. The van der Waals surface area contributed by atoms with Crippen molar-refractivity contribution in [3.05, 3.63) is 91.7 Å². The predicted octanol–water partition coefficient (Wildman–Crippen LogP) is 3.87. The van der Waals surface area contributed by atoms with Crippen LogP contribution in [0.25, 0.3) is 0 Å². The highest BCUT2D eigenvalue weighted by molar-refractivity contribution is 6.42. The average Bonchev–Trinajstić information content (AvgIpc) is 3.16. The zero-order valence-electron chi connectivity index (χ0n) is 20.8. The molecule has 11 heteroatoms. The number of methoxy groups -OCH3 is 2. The fourth-order valence-corrected chi connectivity index (χ4v) is 4.99. The molecule has 1 unspecified atom stereocenters. The van der Waals surface area contributed by atoms with Crippen molar-refractivity contribution in [1.82, 2.24) is 10.2 Å². The Balaban J connectivity index is 1.62. The Hall–Kier alpha value is -3.66. The smallest absolute Gasteiger partial charge is 0.336 e. The van der Waals surface area contributed by atoms with Crippen molar-refractivity contribution in [2.75, 3.05) is 34.0 Å². The highest BCUT2D eigenvalue weighted by Gasteiger charge is 2.40. The summed E-state index contributed by atoms with van der Waals surface area (Å²) in [5.74, 6) is -3.13. The molecular formula is C27H24Cl2N2O7. The molecule has 4 rings (SSSR count). The first-order chi connectivity index (χ1) is 18.2. The number of hydrogen-bond acceptors (Lipinski definition) is 8. The standard InChI is InChI=1S/C27H24Cl2N2O7/c1-14-20(26(34)36-2)21(17-9-6-10-18(28)23(17)29)22(27(35)37-3)19(30-14)13-38-12-11-31-24(32)15-7-4-5-8-16(15)25(31)33/h4-10,21,30H,11-13H2,1-3H3. The number of dihydropyridines is 1. The Morgan fingerprint density at radius 1 is 0.921 bits per heavy atom. The van der Waals surface area contributed by atoms with Crippen LogP contribution in [0.4, 0.5) is 0 Å². The van der Waals surface area contributed by atoms with E-state index in [9.17, 15) is 19.2 Å². The zero-order chi connectivity index (χ0) is 27.6. The van der Waals surface area contributed by atoms with Crippen LogP contribution >= 0.6 is 23.2 Å². The minimum atomic E-state index is -0.961. The number of fused-ring (bicyclic) bond motifs is 1. The van der Waals surface area contributed by atoms with Gasteiger partial charge in [0.1, 0.15) is 0 Å². The molecule has 1 N–H and O–H groups in total. The maximum absolute atomic E-state index is 13.1. The van der Waals surface area contributed by atoms with Gasteiger partial charge >= 0.3 is 11.9 Å². The van der Waals surface area contributed by atoms with Gasteiger partial charge < -0.3 is 19.5 Å². The molecule has 2 amide bonds. The van der Waals surface area contributed by atoms with E-state index in [1.165, 1.54) is 14.2 Å². The molecule has 0 saturated carbocycles. The van der Waals surface area contributed by atoms with E-state index in [-0.39, 0.29) is 40.9 Å². The molecule has 2 heterocycles. The van der Waals surface area contributed by atoms with Crippen molar-refractivity contribution in [3.8, 4) is 0 Å². The summed E-state index contributed by atoms with van der Waals surface area (Å²) in [6.45, 7) is 1.55. The molecule has 1 atom stereocenters. The Bertz CT molecular complexity index is 1360. The number of rotatable bonds is 8. The van der Waals surface area contributed by atoms with Crippen molar-refractivity contribution in [3.63, 3.8) is 0 Å². The number of ether oxygens (including phenoxy) is 3. The molecule has 0 saturated heterocycles. The molecule has 2 aliphatic heterocycles. The first-order valence-corrected chi connectivity index (χ1v) is 12.3. The number of amides is 2. The molecule has 0 spiro atoms. The average molecular weight is 559 g/mol. The van der Waals surface area contributed by atoms with Gasteiger partial charge in [-0.3, -0.25) is 14.5 Å². The Morgan fingerprint density at radius 2 is 1.53 bits per heavy atom. The quantitative estimate of drug-likeness (QED) is 0.295. The second kappa shape index (κ2) is 11.4. The van der Waals surface area contributed by atoms with Crippen LogP contribution in [-0.4, -0.2) is 62.6 Å². The van der Waals surface area contributed by atoms with Crippen molar-refractivity contribution in [2.24, 2.45) is 0 Å². The van der Waals surface area contributed by atoms with Gasteiger partial charge in [-0.2, -0.15) is 0 Å². The Morgan fingerprint density at radius 3 is 2.13 bits per heavy atom. The van der Waals surface area contributed by atoms with E-state index in [4.69, 9.17) is 37.4 Å². The van der Waals surface area contributed by atoms with Gasteiger partial charge in [0.25, 0.3) is 11.8 Å². The number of imide groups is 1. The van der Waals surface area contributed by atoms with Crippen LogP contribution < -0.4 is 5.32 Å². The molecule has 2 aliphatic rings. The van der Waals surface area contributed by atoms with E-state index >= 15 is 0 Å². The molecule has 0 radical (unpaired) electrons. The van der Waals surface area contributed by atoms with E-state index in [0.717, 1.165) is 4.90 Å². The Kier molecular flexibility index (Phi) is 8.20. The van der Waals surface area contributed by atoms with Gasteiger partial charge in [0, 0.05) is 5.70 Å². The number of nitrogens with zero attached hydrogens (tertiary/aromatic N) is 1. The van der Waals surface area contributed by atoms with Crippen molar-refractivity contribution < 1.29 is 33.4 Å². The van der Waals surface area contributed by atoms with Crippen LogP contribution in [-0.2, 0) is 23.8 Å². The summed E-state index contributed by atoms with van der Waals surface area (Å²) in [5.41, 5.74) is 2.09. The van der Waals surface area contributed by atoms with Gasteiger partial charge in [0.15, 0.2) is 0 Å². The monoisotopic (exact) mass is 558 g/mol. The predicted molar refractivity (Wildman–Crippen MR) is 139 cm³/mol. The lowest BCUT2D eigenvalue weighted by molar-refractivity contribution is -0.137. The van der Waals surface area contributed by atoms with E-state index in [2.05, 4.69) is 5.32 Å². The minimum Gasteiger partial charge on any atom is -0.466 e. The maximum Gasteiger partial charge on any atom is 0.336 e. The number of allylic oxidation sites excluding steroid dienone is 1. The number of carbonyl (C=O) groups excluding carboxylic acids is 4. The second-order valence-electron chi connectivity index (χ2n) is 8.48. The van der Waals surface area contributed by atoms with Crippen LogP contribution in [0.15, 0.2) is 65.0 Å². The molecule has 198 valence electrons. The normalized spacial score (nSPS) is 17.0. The molecule has 9 nitrogen and oxygen atoms in total. The third-order valence-electron chi connectivity index (χ3n) is 6.33. The number of nitrogens with one attached hydrogen (secondary N) is 1. The first-order valence-electron chi connectivity index (χ1n) is 11.6. The molecule has 38 heavy (non-hydrogen) atoms. The van der Waals surface area contributed by atoms with Crippen molar-refractivity contribution >= 4 is 47.0 Å². The topological polar surface area (TPSA) is 111 Å². The fourth-order valence-electron chi connectivity index (χ4n) is 4.57. The van der Waals surface area contributed by atoms with E-state index < -0.39 is 29.7 Å². The van der Waals surface area contributed by atoms with Gasteiger partial charge in [-0.1, -0.05) is 47.5 Å². The molecule has 0 aliphatic carbocycles. The number of halogens is 2. The largest absolute Gasteiger partial charge is 0.466 e. The molecule has 2 aromatic rings. The van der Waals surface area contributed by atoms with Crippen LogP contribution in [0.5, 0.6) is 0 Å². The molecule has 0 bridgehead atoms. The zero-order valence-corrected chi connectivity index (χ0v) is 22.3. The maximum atomic E-state index is 13.1. The van der Waals surface area contributed by atoms with E-state index in [0.29, 0.717) is 28.1 Å². The summed E-state index contributed by atoms with van der Waals surface area (Å²) in [5, 5.41) is 3.46. The summed E-state index contributed by atoms with van der Waals surface area (Å²) in [7, 11) is 2.45. The van der Waals surface area contributed by atoms with Crippen molar-refractivity contribution in [1.29, 1.82) is 0 Å². The molecule has 0 aromatic heterocycles.